The third-order valence-corrected chi connectivity index (χ3v) is 6.22. The van der Waals surface area contributed by atoms with Crippen LogP contribution in [0.5, 0.6) is 0 Å². The van der Waals surface area contributed by atoms with Gasteiger partial charge in [0.1, 0.15) is 5.82 Å². The fourth-order valence-electron chi connectivity index (χ4n) is 4.39. The number of carbonyl (C=O) groups excluding carboxylic acids is 2. The van der Waals surface area contributed by atoms with Crippen molar-refractivity contribution in [1.82, 2.24) is 24.3 Å². The van der Waals surface area contributed by atoms with Gasteiger partial charge in [-0.1, -0.05) is 0 Å². The number of hydrogen-bond donors (Lipinski definition) is 0. The first-order valence-corrected chi connectivity index (χ1v) is 10.6. The van der Waals surface area contributed by atoms with Crippen LogP contribution in [0.2, 0.25) is 0 Å². The lowest BCUT2D eigenvalue weighted by molar-refractivity contribution is -0.139. The highest BCUT2D eigenvalue weighted by atomic mass is 16.2. The summed E-state index contributed by atoms with van der Waals surface area (Å²) in [6.07, 6.45) is 10.1. The predicted octanol–water partition coefficient (Wildman–Crippen LogP) is 2.50. The van der Waals surface area contributed by atoms with Crippen LogP contribution in [0.3, 0.4) is 0 Å². The average molecular weight is 396 g/mol. The minimum absolute atomic E-state index is 0.101. The van der Waals surface area contributed by atoms with E-state index in [1.807, 2.05) is 23.2 Å². The Hall–Kier alpha value is -2.70. The number of piperidine rings is 1. The lowest BCUT2D eigenvalue weighted by Gasteiger charge is -2.33. The van der Waals surface area contributed by atoms with Gasteiger partial charge in [-0.25, -0.2) is 4.98 Å². The normalized spacial score (nSPS) is 17.9. The van der Waals surface area contributed by atoms with E-state index in [2.05, 4.69) is 21.5 Å². The summed E-state index contributed by atoms with van der Waals surface area (Å²) in [5.74, 6) is 1.82. The number of hydrogen-bond acceptors (Lipinski definition) is 4. The minimum atomic E-state index is 0.101. The predicted molar refractivity (Wildman–Crippen MR) is 110 cm³/mol. The first kappa shape index (κ1) is 19.6. The lowest BCUT2D eigenvalue weighted by Crippen LogP contribution is -2.44. The number of amides is 2. The summed E-state index contributed by atoms with van der Waals surface area (Å²) in [5.41, 5.74) is 2.25. The van der Waals surface area contributed by atoms with Gasteiger partial charge in [-0.3, -0.25) is 14.6 Å². The Morgan fingerprint density at radius 3 is 2.62 bits per heavy atom. The van der Waals surface area contributed by atoms with Gasteiger partial charge in [0.05, 0.1) is 6.54 Å². The second-order valence-corrected chi connectivity index (χ2v) is 8.14. The molecule has 0 aromatic carbocycles. The maximum Gasteiger partial charge on any atom is 0.242 e. The third-order valence-electron chi connectivity index (χ3n) is 6.22. The number of pyridine rings is 1. The number of aryl methyl sites for hydroxylation is 1. The molecule has 0 bridgehead atoms. The van der Waals surface area contributed by atoms with Crippen molar-refractivity contribution >= 4 is 11.8 Å². The van der Waals surface area contributed by atoms with Crippen LogP contribution >= 0.6 is 0 Å². The van der Waals surface area contributed by atoms with E-state index in [0.29, 0.717) is 12.3 Å². The number of carbonyl (C=O) groups is 2. The molecule has 0 unspecified atom stereocenters. The first-order valence-electron chi connectivity index (χ1n) is 10.6. The Labute approximate surface area is 171 Å². The molecule has 7 heteroatoms. The molecule has 7 nitrogen and oxygen atoms in total. The Kier molecular flexibility index (Phi) is 5.92. The Bertz CT molecular complexity index is 855. The van der Waals surface area contributed by atoms with Crippen molar-refractivity contribution in [3.05, 3.63) is 36.4 Å². The number of rotatable bonds is 6. The van der Waals surface area contributed by atoms with Crippen LogP contribution in [0.1, 0.15) is 37.8 Å². The van der Waals surface area contributed by atoms with E-state index in [1.165, 1.54) is 5.69 Å². The van der Waals surface area contributed by atoms with Gasteiger partial charge in [0.25, 0.3) is 0 Å². The largest absolute Gasteiger partial charge is 0.341 e. The molecule has 2 aliphatic heterocycles. The molecule has 4 heterocycles. The van der Waals surface area contributed by atoms with Gasteiger partial charge in [-0.05, 0) is 50.7 Å². The van der Waals surface area contributed by atoms with Gasteiger partial charge < -0.3 is 14.4 Å². The molecule has 0 N–H and O–H groups in total. The fraction of sp³-hybridized carbons (Fsp3) is 0.545. The smallest absolute Gasteiger partial charge is 0.242 e. The Morgan fingerprint density at radius 1 is 1.17 bits per heavy atom. The topological polar surface area (TPSA) is 71.3 Å². The fourth-order valence-corrected chi connectivity index (χ4v) is 4.39. The molecule has 2 amide bonds. The first-order chi connectivity index (χ1) is 14.1. The zero-order valence-electron chi connectivity index (χ0n) is 17.1. The molecule has 2 aromatic heterocycles. The molecule has 2 saturated heterocycles. The van der Waals surface area contributed by atoms with Crippen LogP contribution in [-0.2, 0) is 16.1 Å². The number of imidazole rings is 1. The van der Waals surface area contributed by atoms with Crippen LogP contribution < -0.4 is 0 Å². The molecule has 2 fully saturated rings. The van der Waals surface area contributed by atoms with E-state index in [4.69, 9.17) is 0 Å². The van der Waals surface area contributed by atoms with E-state index in [1.54, 1.807) is 17.3 Å². The summed E-state index contributed by atoms with van der Waals surface area (Å²) in [6.45, 7) is 5.61. The van der Waals surface area contributed by atoms with E-state index >= 15 is 0 Å². The van der Waals surface area contributed by atoms with Gasteiger partial charge in [-0.15, -0.1) is 0 Å². The molecule has 0 radical (unpaired) electrons. The molecule has 0 atom stereocenters. The van der Waals surface area contributed by atoms with Gasteiger partial charge >= 0.3 is 0 Å². The van der Waals surface area contributed by atoms with Crippen molar-refractivity contribution in [2.24, 2.45) is 5.92 Å². The highest BCUT2D eigenvalue weighted by molar-refractivity contribution is 5.85. The van der Waals surface area contributed by atoms with Gasteiger partial charge in [0.2, 0.25) is 11.8 Å². The van der Waals surface area contributed by atoms with E-state index < -0.39 is 0 Å². The quantitative estimate of drug-likeness (QED) is 0.753. The Morgan fingerprint density at radius 2 is 1.93 bits per heavy atom. The molecule has 0 saturated carbocycles. The molecular weight excluding hydrogens is 366 g/mol. The van der Waals surface area contributed by atoms with Crippen molar-refractivity contribution < 1.29 is 9.59 Å². The highest BCUT2D eigenvalue weighted by Crippen LogP contribution is 2.25. The zero-order chi connectivity index (χ0) is 20.2. The molecule has 0 aliphatic carbocycles. The second kappa shape index (κ2) is 8.76. The standard InChI is InChI=1S/C22H29N5O2/c1-17-15-24-22(19-4-9-23-10-5-19)27(17)14-8-18-6-12-25(13-7-18)21(29)16-26-11-2-3-20(26)28/h4-5,9-10,15,18H,2-3,6-8,11-14,16H2,1H3. The molecule has 2 aliphatic rings. The molecule has 2 aromatic rings. The van der Waals surface area contributed by atoms with Crippen molar-refractivity contribution in [3.8, 4) is 11.4 Å². The molecule has 0 spiro atoms. The van der Waals surface area contributed by atoms with Crippen LogP contribution in [0.25, 0.3) is 11.4 Å². The summed E-state index contributed by atoms with van der Waals surface area (Å²) in [5, 5.41) is 0. The van der Waals surface area contributed by atoms with Crippen LogP contribution in [0.4, 0.5) is 0 Å². The number of aromatic nitrogens is 3. The van der Waals surface area contributed by atoms with Crippen LogP contribution in [-0.4, -0.2) is 62.3 Å². The second-order valence-electron chi connectivity index (χ2n) is 8.14. The maximum absolute atomic E-state index is 12.5. The maximum atomic E-state index is 12.5. The van der Waals surface area contributed by atoms with E-state index in [9.17, 15) is 9.59 Å². The molecule has 29 heavy (non-hydrogen) atoms. The summed E-state index contributed by atoms with van der Waals surface area (Å²) >= 11 is 0. The summed E-state index contributed by atoms with van der Waals surface area (Å²) in [4.78, 5) is 36.6. The van der Waals surface area contributed by atoms with Crippen LogP contribution in [0, 0.1) is 12.8 Å². The number of likely N-dealkylation sites (tertiary alicyclic amines) is 2. The minimum Gasteiger partial charge on any atom is -0.341 e. The lowest BCUT2D eigenvalue weighted by atomic mass is 9.93. The average Bonchev–Trinajstić information content (AvgIpc) is 3.32. The van der Waals surface area contributed by atoms with E-state index in [-0.39, 0.29) is 18.4 Å². The SMILES string of the molecule is Cc1cnc(-c2ccncc2)n1CCC1CCN(C(=O)CN2CCCC2=O)CC1. The van der Waals surface area contributed by atoms with Crippen molar-refractivity contribution in [1.29, 1.82) is 0 Å². The molecule has 154 valence electrons. The van der Waals surface area contributed by atoms with Gasteiger partial charge in [0, 0.05) is 62.4 Å². The Balaban J connectivity index is 1.28. The van der Waals surface area contributed by atoms with E-state index in [0.717, 1.165) is 63.3 Å². The molecular formula is C22H29N5O2. The summed E-state index contributed by atoms with van der Waals surface area (Å²) in [7, 11) is 0. The van der Waals surface area contributed by atoms with Crippen molar-refractivity contribution in [3.63, 3.8) is 0 Å². The summed E-state index contributed by atoms with van der Waals surface area (Å²) in [6, 6.07) is 3.99. The number of nitrogens with zero attached hydrogens (tertiary/aromatic N) is 5. The molecule has 4 rings (SSSR count). The summed E-state index contributed by atoms with van der Waals surface area (Å²) < 4.78 is 2.28. The van der Waals surface area contributed by atoms with Crippen molar-refractivity contribution in [2.45, 2.75) is 45.6 Å². The van der Waals surface area contributed by atoms with Gasteiger partial charge in [-0.2, -0.15) is 0 Å². The van der Waals surface area contributed by atoms with Crippen LogP contribution in [0.15, 0.2) is 30.7 Å². The van der Waals surface area contributed by atoms with Crippen molar-refractivity contribution in [2.75, 3.05) is 26.2 Å². The monoisotopic (exact) mass is 395 g/mol. The van der Waals surface area contributed by atoms with Gasteiger partial charge in [0.15, 0.2) is 0 Å². The highest BCUT2D eigenvalue weighted by Gasteiger charge is 2.27. The third kappa shape index (κ3) is 4.49. The zero-order valence-corrected chi connectivity index (χ0v) is 17.1.